The Morgan fingerprint density at radius 2 is 1.81 bits per heavy atom. The molecule has 0 unspecified atom stereocenters. The predicted octanol–water partition coefficient (Wildman–Crippen LogP) is 5.79. The third kappa shape index (κ3) is 5.04. The Kier molecular flexibility index (Phi) is 6.06. The summed E-state index contributed by atoms with van der Waals surface area (Å²) >= 11 is 0. The van der Waals surface area contributed by atoms with Crippen LogP contribution < -0.4 is 25.8 Å². The Balaban J connectivity index is 1.37. The smallest absolute Gasteiger partial charge is 0.255 e. The van der Waals surface area contributed by atoms with Crippen LogP contribution in [0.25, 0.3) is 11.3 Å². The van der Waals surface area contributed by atoms with E-state index in [-0.39, 0.29) is 5.91 Å². The van der Waals surface area contributed by atoms with E-state index in [4.69, 9.17) is 15.2 Å². The molecule has 1 fully saturated rings. The van der Waals surface area contributed by atoms with E-state index in [0.29, 0.717) is 53.5 Å². The van der Waals surface area contributed by atoms with Crippen molar-refractivity contribution < 1.29 is 14.3 Å². The number of anilines is 4. The number of carbonyl (C=O) groups is 1. The summed E-state index contributed by atoms with van der Waals surface area (Å²) in [7, 11) is 0. The van der Waals surface area contributed by atoms with Gasteiger partial charge in [-0.25, -0.2) is 9.97 Å². The van der Waals surface area contributed by atoms with E-state index < -0.39 is 0 Å². The molecule has 5 aliphatic rings. The van der Waals surface area contributed by atoms with Crippen LogP contribution in [-0.4, -0.2) is 22.5 Å². The minimum absolute atomic E-state index is 0.251. The third-order valence-corrected chi connectivity index (χ3v) is 6.77. The monoisotopic (exact) mass is 493 g/mol. The Labute approximate surface area is 214 Å². The molecule has 4 N–H and O–H groups in total. The summed E-state index contributed by atoms with van der Waals surface area (Å²) in [6.07, 6.45) is 5.39. The molecule has 0 saturated heterocycles. The molecule has 0 spiro atoms. The number of ether oxygens (including phenoxy) is 2. The molecular weight excluding hydrogens is 466 g/mol. The van der Waals surface area contributed by atoms with Crippen molar-refractivity contribution in [2.75, 3.05) is 23.0 Å². The minimum Gasteiger partial charge on any atom is -0.493 e. The summed E-state index contributed by atoms with van der Waals surface area (Å²) in [5.41, 5.74) is 11.0. The van der Waals surface area contributed by atoms with Crippen LogP contribution >= 0.6 is 0 Å². The molecule has 37 heavy (non-hydrogen) atoms. The summed E-state index contributed by atoms with van der Waals surface area (Å²) in [5.74, 6) is 2.29. The van der Waals surface area contributed by atoms with Crippen molar-refractivity contribution in [3.63, 3.8) is 0 Å². The van der Waals surface area contributed by atoms with Gasteiger partial charge in [-0.3, -0.25) is 4.79 Å². The van der Waals surface area contributed by atoms with Crippen LogP contribution in [0.2, 0.25) is 0 Å². The Morgan fingerprint density at radius 1 is 0.973 bits per heavy atom. The fourth-order valence-electron chi connectivity index (χ4n) is 4.41. The first kappa shape index (κ1) is 22.8. The number of nitrogen functional groups attached to an aromatic ring is 1. The van der Waals surface area contributed by atoms with E-state index in [1.165, 1.54) is 19.3 Å². The van der Waals surface area contributed by atoms with Gasteiger partial charge in [-0.1, -0.05) is 6.42 Å². The molecule has 1 saturated carbocycles. The summed E-state index contributed by atoms with van der Waals surface area (Å²) in [6.45, 7) is 1.03. The second-order valence-corrected chi connectivity index (χ2v) is 9.39. The maximum Gasteiger partial charge on any atom is 0.255 e. The number of hydrogen-bond acceptors (Lipinski definition) is 7. The van der Waals surface area contributed by atoms with E-state index in [9.17, 15) is 4.79 Å². The number of rotatable bonds is 3. The van der Waals surface area contributed by atoms with E-state index in [1.807, 2.05) is 42.5 Å². The van der Waals surface area contributed by atoms with Crippen molar-refractivity contribution in [3.8, 4) is 22.8 Å². The van der Waals surface area contributed by atoms with Crippen molar-refractivity contribution in [1.29, 1.82) is 0 Å². The van der Waals surface area contributed by atoms with Gasteiger partial charge in [-0.05, 0) is 85.5 Å². The fourth-order valence-corrected chi connectivity index (χ4v) is 4.41. The van der Waals surface area contributed by atoms with E-state index in [1.54, 1.807) is 30.5 Å². The second kappa shape index (κ2) is 9.81. The first-order valence-electron chi connectivity index (χ1n) is 12.4. The summed E-state index contributed by atoms with van der Waals surface area (Å²) < 4.78 is 12.3. The highest BCUT2D eigenvalue weighted by Crippen LogP contribution is 2.31. The quantitative estimate of drug-likeness (QED) is 0.310. The predicted molar refractivity (Wildman–Crippen MR) is 143 cm³/mol. The number of carbonyl (C=O) groups excluding carboxylic acids is 1. The zero-order valence-electron chi connectivity index (χ0n) is 20.2. The molecule has 8 nitrogen and oxygen atoms in total. The molecule has 1 aromatic heterocycles. The fraction of sp³-hybridized carbons (Fsp3) is 0.207. The van der Waals surface area contributed by atoms with Crippen LogP contribution in [-0.2, 0) is 6.61 Å². The van der Waals surface area contributed by atoms with Crippen LogP contribution in [0.1, 0.15) is 35.2 Å². The van der Waals surface area contributed by atoms with Gasteiger partial charge in [-0.15, -0.1) is 0 Å². The van der Waals surface area contributed by atoms with E-state index >= 15 is 0 Å². The topological polar surface area (TPSA) is 111 Å². The van der Waals surface area contributed by atoms with Gasteiger partial charge in [-0.2, -0.15) is 0 Å². The van der Waals surface area contributed by atoms with Gasteiger partial charge in [0.15, 0.2) is 0 Å². The highest BCUT2D eigenvalue weighted by atomic mass is 16.5. The summed E-state index contributed by atoms with van der Waals surface area (Å²) in [4.78, 5) is 21.8. The molecule has 186 valence electrons. The molecule has 5 heterocycles. The van der Waals surface area contributed by atoms with Gasteiger partial charge >= 0.3 is 0 Å². The van der Waals surface area contributed by atoms with Crippen LogP contribution in [0.4, 0.5) is 23.0 Å². The summed E-state index contributed by atoms with van der Waals surface area (Å²) in [5, 5.41) is 6.19. The molecule has 1 amide bonds. The molecule has 0 radical (unpaired) electrons. The van der Waals surface area contributed by atoms with Gasteiger partial charge in [0.2, 0.25) is 5.95 Å². The lowest BCUT2D eigenvalue weighted by Gasteiger charge is -2.26. The largest absolute Gasteiger partial charge is 0.493 e. The molecule has 8 bridgehead atoms. The maximum atomic E-state index is 12.8. The molecule has 1 aliphatic carbocycles. The number of hydrogen-bond donors (Lipinski definition) is 3. The Hall–Kier alpha value is -4.59. The number of amides is 1. The number of nitrogens with zero attached hydrogens (tertiary/aromatic N) is 2. The van der Waals surface area contributed by atoms with Gasteiger partial charge in [0.1, 0.15) is 18.1 Å². The van der Waals surface area contributed by atoms with Crippen LogP contribution in [0.3, 0.4) is 0 Å². The first-order chi connectivity index (χ1) is 18.1. The lowest BCUT2D eigenvalue weighted by molar-refractivity contribution is 0.102. The minimum atomic E-state index is -0.251. The van der Waals surface area contributed by atoms with E-state index in [2.05, 4.69) is 20.6 Å². The normalized spacial score (nSPS) is 14.9. The van der Waals surface area contributed by atoms with Crippen LogP contribution in [0.5, 0.6) is 11.5 Å². The van der Waals surface area contributed by atoms with Gasteiger partial charge in [0.05, 0.1) is 12.3 Å². The van der Waals surface area contributed by atoms with Crippen LogP contribution in [0.15, 0.2) is 72.9 Å². The molecule has 4 aromatic rings. The zero-order chi connectivity index (χ0) is 25.2. The SMILES string of the molecule is Nc1cc2ccc1-c1ccnc(n1)Nc1ccc(OCC3CCC3)c(c1)COc1ccc(cc1)NC2=O. The number of nitrogens with one attached hydrogen (secondary N) is 2. The Bertz CT molecular complexity index is 1450. The molecule has 3 aromatic carbocycles. The van der Waals surface area contributed by atoms with Gasteiger partial charge in [0, 0.05) is 39.9 Å². The molecule has 0 atom stereocenters. The third-order valence-electron chi connectivity index (χ3n) is 6.77. The lowest BCUT2D eigenvalue weighted by atomic mass is 9.86. The van der Waals surface area contributed by atoms with Crippen molar-refractivity contribution in [1.82, 2.24) is 9.97 Å². The first-order valence-corrected chi connectivity index (χ1v) is 12.4. The molecule has 4 aliphatic heterocycles. The zero-order valence-corrected chi connectivity index (χ0v) is 20.2. The van der Waals surface area contributed by atoms with Crippen LogP contribution in [0, 0.1) is 5.92 Å². The second-order valence-electron chi connectivity index (χ2n) is 9.39. The van der Waals surface area contributed by atoms with Crippen molar-refractivity contribution in [3.05, 3.63) is 84.1 Å². The average Bonchev–Trinajstić information content (AvgIpc) is 2.88. The Morgan fingerprint density at radius 3 is 2.59 bits per heavy atom. The molecule has 8 heteroatoms. The van der Waals surface area contributed by atoms with Crippen molar-refractivity contribution >= 4 is 28.9 Å². The van der Waals surface area contributed by atoms with Gasteiger partial charge in [0.25, 0.3) is 5.91 Å². The lowest BCUT2D eigenvalue weighted by Crippen LogP contribution is -2.19. The standard InChI is InChI=1S/C29H27N5O3/c30-25-15-19-4-10-24(25)26-12-13-31-29(34-26)33-22-7-11-27(37-16-18-2-1-3-18)20(14-22)17-36-23-8-5-21(6-9-23)32-28(19)35/h4-15,18H,1-3,16-17,30H2,(H,32,35)(H,31,33,34). The van der Waals surface area contributed by atoms with Crippen molar-refractivity contribution in [2.45, 2.75) is 25.9 Å². The molecular formula is C29H27N5O3. The van der Waals surface area contributed by atoms with E-state index in [0.717, 1.165) is 22.6 Å². The summed E-state index contributed by atoms with van der Waals surface area (Å²) in [6, 6.07) is 20.2. The highest BCUT2D eigenvalue weighted by Gasteiger charge is 2.19. The van der Waals surface area contributed by atoms with Gasteiger partial charge < -0.3 is 25.8 Å². The van der Waals surface area contributed by atoms with Crippen molar-refractivity contribution in [2.24, 2.45) is 5.92 Å². The number of benzene rings is 3. The number of nitrogens with two attached hydrogens (primary N) is 1. The molecule has 9 rings (SSSR count). The highest BCUT2D eigenvalue weighted by molar-refractivity contribution is 6.05. The average molecular weight is 494 g/mol. The maximum absolute atomic E-state index is 12.8. The number of aromatic nitrogens is 2.